The summed E-state index contributed by atoms with van der Waals surface area (Å²) < 4.78 is 5.37. The number of epoxide rings is 1. The molecule has 60 valence electrons. The first kappa shape index (κ1) is 8.02. The summed E-state index contributed by atoms with van der Waals surface area (Å²) in [6.07, 6.45) is 0.220. The summed E-state index contributed by atoms with van der Waals surface area (Å²) >= 11 is 0. The van der Waals surface area contributed by atoms with Crippen LogP contribution in [0.25, 0.3) is 0 Å². The minimum absolute atomic E-state index is 0.0567. The van der Waals surface area contributed by atoms with Gasteiger partial charge in [0.2, 0.25) is 0 Å². The maximum Gasteiger partial charge on any atom is 0.122 e. The molecule has 1 heterocycles. The van der Waals surface area contributed by atoms with Crippen molar-refractivity contribution in [1.82, 2.24) is 0 Å². The summed E-state index contributed by atoms with van der Waals surface area (Å²) in [5.74, 6) is 0. The molecule has 1 saturated heterocycles. The molecule has 1 rings (SSSR count). The molecular formula is C8H16O2. The Labute approximate surface area is 62.2 Å². The molecule has 0 radical (unpaired) electrons. The number of hydrogen-bond acceptors (Lipinski definition) is 2. The second-order valence-corrected chi connectivity index (χ2v) is 4.06. The van der Waals surface area contributed by atoms with Gasteiger partial charge in [0, 0.05) is 0 Å². The van der Waals surface area contributed by atoms with Crippen molar-refractivity contribution in [1.29, 1.82) is 0 Å². The van der Waals surface area contributed by atoms with Crippen molar-refractivity contribution in [2.24, 2.45) is 5.41 Å². The zero-order valence-corrected chi connectivity index (χ0v) is 7.14. The molecule has 1 fully saturated rings. The average Bonchev–Trinajstić information content (AvgIpc) is 2.40. The van der Waals surface area contributed by atoms with Crippen molar-refractivity contribution >= 4 is 0 Å². The van der Waals surface area contributed by atoms with Gasteiger partial charge in [0.25, 0.3) is 0 Å². The smallest absolute Gasteiger partial charge is 0.122 e. The molecule has 10 heavy (non-hydrogen) atoms. The van der Waals surface area contributed by atoms with Crippen LogP contribution in [0, 0.1) is 5.41 Å². The third kappa shape index (κ3) is 0.867. The van der Waals surface area contributed by atoms with Gasteiger partial charge in [0.05, 0.1) is 12.7 Å². The normalized spacial score (nSPS) is 39.9. The molecule has 0 bridgehead atoms. The van der Waals surface area contributed by atoms with Gasteiger partial charge >= 0.3 is 0 Å². The number of hydrogen-bond donors (Lipinski definition) is 1. The lowest BCUT2D eigenvalue weighted by Gasteiger charge is -2.25. The van der Waals surface area contributed by atoms with Crippen molar-refractivity contribution in [2.75, 3.05) is 6.61 Å². The van der Waals surface area contributed by atoms with Crippen LogP contribution < -0.4 is 0 Å². The molecule has 2 unspecified atom stereocenters. The SMILES string of the molecule is CC1OC1(CO)C(C)(C)C. The Morgan fingerprint density at radius 3 is 1.90 bits per heavy atom. The molecule has 0 saturated carbocycles. The first-order valence-electron chi connectivity index (χ1n) is 3.73. The van der Waals surface area contributed by atoms with Gasteiger partial charge in [-0.3, -0.25) is 0 Å². The summed E-state index contributed by atoms with van der Waals surface area (Å²) in [7, 11) is 0. The van der Waals surface area contributed by atoms with E-state index in [9.17, 15) is 0 Å². The first-order chi connectivity index (χ1) is 4.44. The van der Waals surface area contributed by atoms with Crippen LogP contribution in [0.15, 0.2) is 0 Å². The van der Waals surface area contributed by atoms with Crippen LogP contribution in [0.4, 0.5) is 0 Å². The van der Waals surface area contributed by atoms with E-state index in [1.807, 2.05) is 6.92 Å². The highest BCUT2D eigenvalue weighted by atomic mass is 16.6. The monoisotopic (exact) mass is 144 g/mol. The summed E-state index contributed by atoms with van der Waals surface area (Å²) in [6.45, 7) is 8.41. The zero-order chi connectivity index (χ0) is 7.99. The number of aliphatic hydroxyl groups is 1. The molecule has 0 aliphatic carbocycles. The van der Waals surface area contributed by atoms with E-state index >= 15 is 0 Å². The Morgan fingerprint density at radius 2 is 1.90 bits per heavy atom. The van der Waals surface area contributed by atoms with E-state index in [0.29, 0.717) is 0 Å². The fraction of sp³-hybridized carbons (Fsp3) is 1.00. The van der Waals surface area contributed by atoms with Crippen LogP contribution in [0.1, 0.15) is 27.7 Å². The van der Waals surface area contributed by atoms with Gasteiger partial charge in [-0.05, 0) is 12.3 Å². The van der Waals surface area contributed by atoms with Crippen LogP contribution in [0.5, 0.6) is 0 Å². The van der Waals surface area contributed by atoms with Crippen molar-refractivity contribution in [3.05, 3.63) is 0 Å². The maximum absolute atomic E-state index is 9.04. The lowest BCUT2D eigenvalue weighted by atomic mass is 9.79. The Bertz CT molecular complexity index is 133. The van der Waals surface area contributed by atoms with E-state index in [2.05, 4.69) is 20.8 Å². The summed E-state index contributed by atoms with van der Waals surface area (Å²) in [4.78, 5) is 0. The third-order valence-electron chi connectivity index (χ3n) is 2.49. The van der Waals surface area contributed by atoms with Gasteiger partial charge < -0.3 is 9.84 Å². The van der Waals surface area contributed by atoms with Crippen molar-refractivity contribution in [3.63, 3.8) is 0 Å². The fourth-order valence-electron chi connectivity index (χ4n) is 1.47. The molecule has 0 aromatic carbocycles. The standard InChI is InChI=1S/C8H16O2/c1-6-8(5-9,10-6)7(2,3)4/h6,9H,5H2,1-4H3. The fourth-order valence-corrected chi connectivity index (χ4v) is 1.47. The van der Waals surface area contributed by atoms with Crippen LogP contribution in [0.2, 0.25) is 0 Å². The van der Waals surface area contributed by atoms with Gasteiger partial charge in [0.1, 0.15) is 5.60 Å². The van der Waals surface area contributed by atoms with Crippen LogP contribution in [-0.2, 0) is 4.74 Å². The predicted molar refractivity (Wildman–Crippen MR) is 39.8 cm³/mol. The number of ether oxygens (including phenoxy) is 1. The molecule has 2 heteroatoms. The number of rotatable bonds is 1. The average molecular weight is 144 g/mol. The Hall–Kier alpha value is -0.0800. The zero-order valence-electron chi connectivity index (χ0n) is 7.14. The Balaban J connectivity index is 2.69. The maximum atomic E-state index is 9.04. The van der Waals surface area contributed by atoms with E-state index in [1.54, 1.807) is 0 Å². The number of aliphatic hydroxyl groups excluding tert-OH is 1. The molecule has 0 aromatic rings. The molecule has 0 amide bonds. The summed E-state index contributed by atoms with van der Waals surface area (Å²) in [5.41, 5.74) is -0.200. The third-order valence-corrected chi connectivity index (χ3v) is 2.49. The van der Waals surface area contributed by atoms with Gasteiger partial charge in [-0.25, -0.2) is 0 Å². The van der Waals surface area contributed by atoms with Gasteiger partial charge in [-0.15, -0.1) is 0 Å². The minimum atomic E-state index is -0.257. The van der Waals surface area contributed by atoms with E-state index in [1.165, 1.54) is 0 Å². The van der Waals surface area contributed by atoms with Gasteiger partial charge in [-0.2, -0.15) is 0 Å². The van der Waals surface area contributed by atoms with Crippen LogP contribution >= 0.6 is 0 Å². The highest BCUT2D eigenvalue weighted by molar-refractivity contribution is 5.07. The molecular weight excluding hydrogens is 128 g/mol. The highest BCUT2D eigenvalue weighted by Gasteiger charge is 2.60. The van der Waals surface area contributed by atoms with E-state index in [-0.39, 0.29) is 23.7 Å². The molecule has 0 spiro atoms. The van der Waals surface area contributed by atoms with Gasteiger partial charge in [0.15, 0.2) is 0 Å². The second kappa shape index (κ2) is 1.95. The first-order valence-corrected chi connectivity index (χ1v) is 3.73. The van der Waals surface area contributed by atoms with Crippen molar-refractivity contribution in [3.8, 4) is 0 Å². The molecule has 2 nitrogen and oxygen atoms in total. The van der Waals surface area contributed by atoms with Gasteiger partial charge in [-0.1, -0.05) is 20.8 Å². The highest BCUT2D eigenvalue weighted by Crippen LogP contribution is 2.49. The van der Waals surface area contributed by atoms with E-state index < -0.39 is 0 Å². The van der Waals surface area contributed by atoms with Crippen molar-refractivity contribution < 1.29 is 9.84 Å². The molecule has 0 aromatic heterocycles. The van der Waals surface area contributed by atoms with E-state index in [4.69, 9.17) is 9.84 Å². The molecule has 1 aliphatic heterocycles. The lowest BCUT2D eigenvalue weighted by Crippen LogP contribution is -2.35. The Morgan fingerprint density at radius 1 is 1.50 bits per heavy atom. The van der Waals surface area contributed by atoms with Crippen LogP contribution in [-0.4, -0.2) is 23.4 Å². The van der Waals surface area contributed by atoms with Crippen LogP contribution in [0.3, 0.4) is 0 Å². The topological polar surface area (TPSA) is 32.8 Å². The molecule has 1 aliphatic rings. The second-order valence-electron chi connectivity index (χ2n) is 4.06. The summed E-state index contributed by atoms with van der Waals surface area (Å²) in [6, 6.07) is 0. The summed E-state index contributed by atoms with van der Waals surface area (Å²) in [5, 5.41) is 9.04. The minimum Gasteiger partial charge on any atom is -0.393 e. The van der Waals surface area contributed by atoms with Crippen molar-refractivity contribution in [2.45, 2.75) is 39.4 Å². The molecule has 2 atom stereocenters. The lowest BCUT2D eigenvalue weighted by molar-refractivity contribution is 0.0822. The molecule has 1 N–H and O–H groups in total. The van der Waals surface area contributed by atoms with E-state index in [0.717, 1.165) is 0 Å². The Kier molecular flexibility index (Phi) is 1.57. The predicted octanol–water partition coefficient (Wildman–Crippen LogP) is 1.18. The largest absolute Gasteiger partial charge is 0.393 e. The quantitative estimate of drug-likeness (QED) is 0.560.